The van der Waals surface area contributed by atoms with Gasteiger partial charge < -0.3 is 9.84 Å². The number of carboxylic acid groups (broad SMARTS) is 1. The zero-order valence-corrected chi connectivity index (χ0v) is 12.4. The first-order valence-corrected chi connectivity index (χ1v) is 7.60. The van der Waals surface area contributed by atoms with Crippen molar-refractivity contribution in [2.24, 2.45) is 0 Å². The van der Waals surface area contributed by atoms with E-state index < -0.39 is 40.8 Å². The Balaban J connectivity index is 2.02. The highest BCUT2D eigenvalue weighted by Crippen LogP contribution is 2.41. The first kappa shape index (κ1) is 15.9. The van der Waals surface area contributed by atoms with Gasteiger partial charge in [-0.25, -0.2) is 13.6 Å². The molecule has 124 valence electrons. The summed E-state index contributed by atoms with van der Waals surface area (Å²) in [5.74, 6) is -3.68. The molecular weight excluding hydrogens is 308 g/mol. The Bertz CT molecular complexity index is 643. The van der Waals surface area contributed by atoms with Gasteiger partial charge in [0.15, 0.2) is 6.04 Å². The van der Waals surface area contributed by atoms with Crippen molar-refractivity contribution in [1.29, 1.82) is 0 Å². The van der Waals surface area contributed by atoms with E-state index in [9.17, 15) is 23.5 Å². The predicted octanol–water partition coefficient (Wildman–Crippen LogP) is 2.55. The molecule has 1 amide bonds. The normalized spacial score (nSPS) is 23.2. The van der Waals surface area contributed by atoms with Crippen molar-refractivity contribution in [3.63, 3.8) is 0 Å². The van der Waals surface area contributed by atoms with E-state index in [0.29, 0.717) is 12.8 Å². The number of carbonyl (C=O) groups is 2. The number of carbonyl (C=O) groups excluding carboxylic acids is 1. The van der Waals surface area contributed by atoms with Crippen LogP contribution >= 0.6 is 0 Å². The molecule has 0 radical (unpaired) electrons. The number of carboxylic acids is 1. The molecule has 1 N–H and O–H groups in total. The largest absolute Gasteiger partial charge is 0.480 e. The van der Waals surface area contributed by atoms with Gasteiger partial charge in [-0.15, -0.1) is 0 Å². The summed E-state index contributed by atoms with van der Waals surface area (Å²) in [7, 11) is 0. The molecule has 1 aliphatic heterocycles. The number of ether oxygens (including phenoxy) is 1. The highest BCUT2D eigenvalue weighted by molar-refractivity contribution is 5.97. The molecule has 1 saturated heterocycles. The molecule has 5 nitrogen and oxygen atoms in total. The van der Waals surface area contributed by atoms with Crippen molar-refractivity contribution in [2.75, 3.05) is 6.61 Å². The van der Waals surface area contributed by atoms with Gasteiger partial charge in [0.25, 0.3) is 5.91 Å². The summed E-state index contributed by atoms with van der Waals surface area (Å²) in [6.07, 6.45) is 3.56. The highest BCUT2D eigenvalue weighted by Gasteiger charge is 2.53. The van der Waals surface area contributed by atoms with Gasteiger partial charge in [-0.1, -0.05) is 6.42 Å². The van der Waals surface area contributed by atoms with E-state index in [2.05, 4.69) is 0 Å². The third-order valence-electron chi connectivity index (χ3n) is 4.56. The second-order valence-corrected chi connectivity index (χ2v) is 5.97. The summed E-state index contributed by atoms with van der Waals surface area (Å²) in [6.45, 7) is -0.141. The molecule has 0 bridgehead atoms. The Hall–Kier alpha value is -2.02. The van der Waals surface area contributed by atoms with Crippen LogP contribution < -0.4 is 0 Å². The number of benzene rings is 1. The van der Waals surface area contributed by atoms with Crippen LogP contribution in [0.4, 0.5) is 8.78 Å². The average molecular weight is 325 g/mol. The molecule has 1 aliphatic carbocycles. The Morgan fingerprint density at radius 1 is 1.22 bits per heavy atom. The van der Waals surface area contributed by atoms with Crippen LogP contribution in [-0.4, -0.2) is 40.3 Å². The van der Waals surface area contributed by atoms with E-state index >= 15 is 0 Å². The minimum absolute atomic E-state index is 0.141. The minimum Gasteiger partial charge on any atom is -0.480 e. The van der Waals surface area contributed by atoms with Crippen LogP contribution in [0.15, 0.2) is 18.2 Å². The van der Waals surface area contributed by atoms with Crippen molar-refractivity contribution in [3.8, 4) is 0 Å². The number of rotatable bonds is 2. The van der Waals surface area contributed by atoms with E-state index in [4.69, 9.17) is 4.74 Å². The fourth-order valence-electron chi connectivity index (χ4n) is 3.45. The Kier molecular flexibility index (Phi) is 4.06. The third-order valence-corrected chi connectivity index (χ3v) is 4.56. The maximum absolute atomic E-state index is 14.0. The molecule has 1 aromatic rings. The van der Waals surface area contributed by atoms with Crippen LogP contribution in [0.2, 0.25) is 0 Å². The van der Waals surface area contributed by atoms with E-state index in [1.807, 2.05) is 0 Å². The van der Waals surface area contributed by atoms with Crippen molar-refractivity contribution in [1.82, 2.24) is 4.90 Å². The van der Waals surface area contributed by atoms with Crippen molar-refractivity contribution in [3.05, 3.63) is 35.4 Å². The molecule has 1 unspecified atom stereocenters. The van der Waals surface area contributed by atoms with E-state index in [-0.39, 0.29) is 6.61 Å². The fraction of sp³-hybridized carbons (Fsp3) is 0.500. The van der Waals surface area contributed by atoms with Gasteiger partial charge in [-0.3, -0.25) is 9.69 Å². The number of amides is 1. The van der Waals surface area contributed by atoms with Crippen LogP contribution in [0.25, 0.3) is 0 Å². The van der Waals surface area contributed by atoms with Crippen molar-refractivity contribution in [2.45, 2.75) is 43.9 Å². The summed E-state index contributed by atoms with van der Waals surface area (Å²) in [6, 6.07) is 1.38. The average Bonchev–Trinajstić information content (AvgIpc) is 2.88. The number of hydrogen-bond acceptors (Lipinski definition) is 3. The summed E-state index contributed by atoms with van der Waals surface area (Å²) in [5, 5.41) is 9.38. The molecule has 1 heterocycles. The van der Waals surface area contributed by atoms with Gasteiger partial charge in [-0.2, -0.15) is 0 Å². The Morgan fingerprint density at radius 2 is 1.91 bits per heavy atom. The fourth-order valence-corrected chi connectivity index (χ4v) is 3.45. The monoisotopic (exact) mass is 325 g/mol. The van der Waals surface area contributed by atoms with E-state index in [1.165, 1.54) is 0 Å². The van der Waals surface area contributed by atoms with Crippen LogP contribution in [0.3, 0.4) is 0 Å². The number of aliphatic carboxylic acids is 1. The van der Waals surface area contributed by atoms with E-state index in [1.54, 1.807) is 0 Å². The highest BCUT2D eigenvalue weighted by atomic mass is 19.1. The molecule has 0 aromatic heterocycles. The van der Waals surface area contributed by atoms with Gasteiger partial charge in [0, 0.05) is 0 Å². The first-order valence-electron chi connectivity index (χ1n) is 7.60. The molecule has 2 aliphatic rings. The van der Waals surface area contributed by atoms with Gasteiger partial charge in [0.05, 0.1) is 12.2 Å². The first-order chi connectivity index (χ1) is 10.9. The standard InChI is InChI=1S/C16H17F2NO4/c17-10-4-5-12(18)11(8-10)14(20)19-13(15(21)22)9-23-16(19)6-2-1-3-7-16/h4-5,8,13H,1-3,6-7,9H2,(H,21,22). The van der Waals surface area contributed by atoms with Gasteiger partial charge in [-0.05, 0) is 43.9 Å². The topological polar surface area (TPSA) is 66.8 Å². The zero-order chi connectivity index (χ0) is 16.6. The molecule has 23 heavy (non-hydrogen) atoms. The Labute approximate surface area is 131 Å². The summed E-state index contributed by atoms with van der Waals surface area (Å²) >= 11 is 0. The van der Waals surface area contributed by atoms with Gasteiger partial charge >= 0.3 is 5.97 Å². The van der Waals surface area contributed by atoms with Crippen LogP contribution in [0.5, 0.6) is 0 Å². The van der Waals surface area contributed by atoms with Gasteiger partial charge in [0.2, 0.25) is 0 Å². The molecule has 3 rings (SSSR count). The number of hydrogen-bond donors (Lipinski definition) is 1. The quantitative estimate of drug-likeness (QED) is 0.907. The van der Waals surface area contributed by atoms with Crippen molar-refractivity contribution < 1.29 is 28.2 Å². The maximum atomic E-state index is 14.0. The van der Waals surface area contributed by atoms with E-state index in [0.717, 1.165) is 42.4 Å². The number of nitrogens with zero attached hydrogens (tertiary/aromatic N) is 1. The molecule has 1 spiro atoms. The van der Waals surface area contributed by atoms with Gasteiger partial charge in [0.1, 0.15) is 17.4 Å². The predicted molar refractivity (Wildman–Crippen MR) is 75.7 cm³/mol. The third kappa shape index (κ3) is 2.69. The summed E-state index contributed by atoms with van der Waals surface area (Å²) in [5.41, 5.74) is -1.50. The molecule has 1 saturated carbocycles. The van der Waals surface area contributed by atoms with Crippen molar-refractivity contribution >= 4 is 11.9 Å². The lowest BCUT2D eigenvalue weighted by Gasteiger charge is -2.41. The lowest BCUT2D eigenvalue weighted by atomic mass is 9.89. The van der Waals surface area contributed by atoms with Crippen LogP contribution in [0.1, 0.15) is 42.5 Å². The molecule has 1 atom stereocenters. The summed E-state index contributed by atoms with van der Waals surface area (Å²) < 4.78 is 33.0. The molecule has 2 fully saturated rings. The lowest BCUT2D eigenvalue weighted by Crippen LogP contribution is -2.54. The van der Waals surface area contributed by atoms with Crippen LogP contribution in [0, 0.1) is 11.6 Å². The molecule has 7 heteroatoms. The second kappa shape index (κ2) is 5.88. The molecular formula is C16H17F2NO4. The Morgan fingerprint density at radius 3 is 2.57 bits per heavy atom. The lowest BCUT2D eigenvalue weighted by molar-refractivity contribution is -0.143. The zero-order valence-electron chi connectivity index (χ0n) is 12.4. The van der Waals surface area contributed by atoms with Crippen LogP contribution in [-0.2, 0) is 9.53 Å². The molecule has 1 aromatic carbocycles. The minimum atomic E-state index is -1.21. The maximum Gasteiger partial charge on any atom is 0.328 e. The number of halogens is 2. The second-order valence-electron chi connectivity index (χ2n) is 5.97. The SMILES string of the molecule is O=C(O)C1COC2(CCCCC2)N1C(=O)c1cc(F)ccc1F. The smallest absolute Gasteiger partial charge is 0.328 e. The summed E-state index contributed by atoms with van der Waals surface area (Å²) in [4.78, 5) is 25.4.